The van der Waals surface area contributed by atoms with Crippen LogP contribution in [0.25, 0.3) is 0 Å². The predicted molar refractivity (Wildman–Crippen MR) is 221 cm³/mol. The number of hydrogen-bond acceptors (Lipinski definition) is 6. The Morgan fingerprint density at radius 1 is 0.923 bits per heavy atom. The van der Waals surface area contributed by atoms with E-state index in [0.29, 0.717) is 23.8 Å². The average Bonchev–Trinajstić information content (AvgIpc) is 3.48. The molecular formula is C46H84N4O2. The molecular weight excluding hydrogens is 641 g/mol. The van der Waals surface area contributed by atoms with Crippen LogP contribution in [0.4, 0.5) is 0 Å². The van der Waals surface area contributed by atoms with E-state index < -0.39 is 0 Å². The number of nitrogens with two attached hydrogens (primary N) is 2. The fourth-order valence-electron chi connectivity index (χ4n) is 12.0. The number of rotatable bonds is 24. The highest BCUT2D eigenvalue weighted by Gasteiger charge is 2.59. The van der Waals surface area contributed by atoms with Gasteiger partial charge in [-0.1, -0.05) is 72.6 Å². The minimum Gasteiger partial charge on any atom is -0.462 e. The first kappa shape index (κ1) is 43.4. The normalized spacial score (nSPS) is 30.9. The summed E-state index contributed by atoms with van der Waals surface area (Å²) in [5.74, 6) is 5.95. The molecule has 0 aromatic heterocycles. The van der Waals surface area contributed by atoms with Gasteiger partial charge in [0, 0.05) is 31.6 Å². The molecule has 300 valence electrons. The van der Waals surface area contributed by atoms with Crippen molar-refractivity contribution in [3.63, 3.8) is 0 Å². The van der Waals surface area contributed by atoms with Crippen LogP contribution in [0.5, 0.6) is 0 Å². The lowest BCUT2D eigenvalue weighted by atomic mass is 9.47. The molecule has 0 bridgehead atoms. The third kappa shape index (κ3) is 11.1. The molecule has 0 spiro atoms. The average molecular weight is 725 g/mol. The van der Waals surface area contributed by atoms with Crippen LogP contribution in [0.3, 0.4) is 0 Å². The molecule has 4 rings (SSSR count). The Labute approximate surface area is 321 Å². The summed E-state index contributed by atoms with van der Waals surface area (Å²) in [5.41, 5.74) is 15.0. The van der Waals surface area contributed by atoms with E-state index in [1.165, 1.54) is 63.5 Å². The minimum absolute atomic E-state index is 0.00572. The quantitative estimate of drug-likeness (QED) is 0.0521. The van der Waals surface area contributed by atoms with Gasteiger partial charge in [-0.3, -0.25) is 4.79 Å². The Balaban J connectivity index is 1.20. The zero-order valence-corrected chi connectivity index (χ0v) is 35.0. The lowest BCUT2D eigenvalue weighted by Gasteiger charge is -2.58. The van der Waals surface area contributed by atoms with Crippen LogP contribution in [-0.4, -0.2) is 56.2 Å². The molecule has 4 aliphatic rings. The summed E-state index contributed by atoms with van der Waals surface area (Å²) >= 11 is 0. The number of unbranched alkanes of at least 4 members (excludes halogenated alkanes) is 2. The van der Waals surface area contributed by atoms with Gasteiger partial charge in [-0.2, -0.15) is 0 Å². The molecule has 0 amide bonds. The largest absolute Gasteiger partial charge is 0.462 e. The Hall–Kier alpha value is -1.37. The second-order valence-corrected chi connectivity index (χ2v) is 18.8. The fourth-order valence-corrected chi connectivity index (χ4v) is 12.0. The summed E-state index contributed by atoms with van der Waals surface area (Å²) in [4.78, 5) is 15.5. The molecule has 6 nitrogen and oxygen atoms in total. The van der Waals surface area contributed by atoms with Gasteiger partial charge in [0.1, 0.15) is 6.10 Å². The smallest absolute Gasteiger partial charge is 0.306 e. The van der Waals surface area contributed by atoms with Gasteiger partial charge in [-0.25, -0.2) is 0 Å². The SMILES string of the molecule is C=C(CCCCC(=O)O[C@H]1CC[C@@]2(C)C(=CC[C@@H]3C2CC[C@@]2(C)C3CC[C@@H]2[C@H](C)CC[C@@H](CC)C(C)C)C1)N(CCCN)CCCCNCCCN. The van der Waals surface area contributed by atoms with E-state index in [1.807, 2.05) is 0 Å². The van der Waals surface area contributed by atoms with E-state index in [0.717, 1.165) is 132 Å². The van der Waals surface area contributed by atoms with Gasteiger partial charge in [0.2, 0.25) is 0 Å². The molecule has 6 heteroatoms. The summed E-state index contributed by atoms with van der Waals surface area (Å²) in [5, 5.41) is 3.47. The molecule has 0 aromatic rings. The molecule has 2 unspecified atom stereocenters. The van der Waals surface area contributed by atoms with Crippen molar-refractivity contribution >= 4 is 5.97 Å². The predicted octanol–water partition coefficient (Wildman–Crippen LogP) is 10.0. The molecule has 0 heterocycles. The van der Waals surface area contributed by atoms with Crippen molar-refractivity contribution in [3.05, 3.63) is 23.9 Å². The van der Waals surface area contributed by atoms with Gasteiger partial charge >= 0.3 is 5.97 Å². The van der Waals surface area contributed by atoms with E-state index in [1.54, 1.807) is 5.57 Å². The first-order valence-corrected chi connectivity index (χ1v) is 22.4. The second kappa shape index (κ2) is 21.1. The number of carbonyl (C=O) groups excluding carboxylic acids is 1. The van der Waals surface area contributed by atoms with Crippen molar-refractivity contribution in [3.8, 4) is 0 Å². The van der Waals surface area contributed by atoms with Crippen LogP contribution >= 0.6 is 0 Å². The summed E-state index contributed by atoms with van der Waals surface area (Å²) in [6.07, 6.45) is 24.5. The number of nitrogens with zero attached hydrogens (tertiary/aromatic N) is 1. The highest BCUT2D eigenvalue weighted by Crippen LogP contribution is 2.67. The second-order valence-electron chi connectivity index (χ2n) is 18.8. The number of ether oxygens (including phenoxy) is 1. The van der Waals surface area contributed by atoms with Gasteiger partial charge in [-0.05, 0) is 175 Å². The van der Waals surface area contributed by atoms with Crippen molar-refractivity contribution in [2.24, 2.45) is 63.7 Å². The van der Waals surface area contributed by atoms with Gasteiger partial charge < -0.3 is 26.4 Å². The number of hydrogen-bond donors (Lipinski definition) is 3. The Kier molecular flexibility index (Phi) is 17.6. The van der Waals surface area contributed by atoms with Crippen molar-refractivity contribution < 1.29 is 9.53 Å². The van der Waals surface area contributed by atoms with Crippen LogP contribution in [0.2, 0.25) is 0 Å². The zero-order valence-electron chi connectivity index (χ0n) is 35.0. The van der Waals surface area contributed by atoms with Gasteiger partial charge in [0.15, 0.2) is 0 Å². The van der Waals surface area contributed by atoms with E-state index in [4.69, 9.17) is 16.2 Å². The first-order valence-electron chi connectivity index (χ1n) is 22.4. The number of esters is 1. The number of nitrogens with one attached hydrogen (secondary N) is 1. The highest BCUT2D eigenvalue weighted by atomic mass is 16.5. The Morgan fingerprint density at radius 3 is 2.38 bits per heavy atom. The van der Waals surface area contributed by atoms with Crippen LogP contribution in [0, 0.1) is 52.3 Å². The molecule has 3 saturated carbocycles. The molecule has 52 heavy (non-hydrogen) atoms. The maximum absolute atomic E-state index is 13.0. The topological polar surface area (TPSA) is 93.6 Å². The third-order valence-corrected chi connectivity index (χ3v) is 15.3. The van der Waals surface area contributed by atoms with E-state index >= 15 is 0 Å². The summed E-state index contributed by atoms with van der Waals surface area (Å²) in [6, 6.07) is 0. The van der Waals surface area contributed by atoms with Crippen molar-refractivity contribution in [2.75, 3.05) is 39.3 Å². The first-order chi connectivity index (χ1) is 25.0. The van der Waals surface area contributed by atoms with Gasteiger partial charge in [-0.15, -0.1) is 0 Å². The lowest BCUT2D eigenvalue weighted by Crippen LogP contribution is -2.51. The highest BCUT2D eigenvalue weighted by molar-refractivity contribution is 5.69. The van der Waals surface area contributed by atoms with Crippen LogP contribution in [0.1, 0.15) is 164 Å². The van der Waals surface area contributed by atoms with Crippen molar-refractivity contribution in [1.82, 2.24) is 10.2 Å². The Morgan fingerprint density at radius 2 is 1.65 bits per heavy atom. The number of carbonyl (C=O) groups is 1. The van der Waals surface area contributed by atoms with Gasteiger partial charge in [0.25, 0.3) is 0 Å². The number of allylic oxidation sites excluding steroid dienone is 2. The standard InChI is InChI=1S/C46H84N4O2/c1-8-37(34(2)3)18-17-35(4)41-21-22-42-40-20-19-38-33-39(23-25-45(38,6)43(40)24-26-46(41,42)7)52-44(51)16-10-9-15-36(5)50(32-14-28-48)31-12-11-29-49-30-13-27-47/h19,34-35,37,39-43,49H,5,8-18,20-33,47-48H2,1-4,6-7H3/t35-,37-,39+,40+,41-,42?,43?,45+,46-/m1/s1. The molecule has 4 aliphatic carbocycles. The maximum atomic E-state index is 13.0. The molecule has 0 aromatic carbocycles. The molecule has 0 radical (unpaired) electrons. The van der Waals surface area contributed by atoms with E-state index in [9.17, 15) is 4.79 Å². The van der Waals surface area contributed by atoms with Crippen molar-refractivity contribution in [2.45, 2.75) is 170 Å². The maximum Gasteiger partial charge on any atom is 0.306 e. The molecule has 5 N–H and O–H groups in total. The van der Waals surface area contributed by atoms with Crippen LogP contribution < -0.4 is 16.8 Å². The Bertz CT molecular complexity index is 1120. The van der Waals surface area contributed by atoms with Crippen molar-refractivity contribution in [1.29, 1.82) is 0 Å². The molecule has 3 fully saturated rings. The summed E-state index contributed by atoms with van der Waals surface area (Å²) in [6.45, 7) is 25.0. The molecule has 0 aliphatic heterocycles. The fraction of sp³-hybridized carbons (Fsp3) is 0.891. The monoisotopic (exact) mass is 725 g/mol. The van der Waals surface area contributed by atoms with Crippen LogP contribution in [0.15, 0.2) is 23.9 Å². The summed E-state index contributed by atoms with van der Waals surface area (Å²) in [7, 11) is 0. The molecule has 0 saturated heterocycles. The molecule has 9 atom stereocenters. The summed E-state index contributed by atoms with van der Waals surface area (Å²) < 4.78 is 6.18. The zero-order chi connectivity index (χ0) is 37.7. The minimum atomic E-state index is -0.00572. The van der Waals surface area contributed by atoms with E-state index in [2.05, 4.69) is 64.4 Å². The third-order valence-electron chi connectivity index (χ3n) is 15.3. The van der Waals surface area contributed by atoms with Gasteiger partial charge in [0.05, 0.1) is 0 Å². The van der Waals surface area contributed by atoms with E-state index in [-0.39, 0.29) is 12.1 Å². The van der Waals surface area contributed by atoms with Crippen LogP contribution in [-0.2, 0) is 9.53 Å². The lowest BCUT2D eigenvalue weighted by molar-refractivity contribution is -0.151. The number of fused-ring (bicyclic) bond motifs is 5.